The summed E-state index contributed by atoms with van der Waals surface area (Å²) in [6.45, 7) is 22.2. The third-order valence-electron chi connectivity index (χ3n) is 4.41. The van der Waals surface area contributed by atoms with Crippen molar-refractivity contribution in [3.63, 3.8) is 0 Å². The second kappa shape index (κ2) is 5.47. The molecule has 0 aliphatic carbocycles. The van der Waals surface area contributed by atoms with Gasteiger partial charge in [-0.15, -0.1) is 0 Å². The van der Waals surface area contributed by atoms with Crippen LogP contribution < -0.4 is 0 Å². The Kier molecular flexibility index (Phi) is 5.66. The minimum atomic E-state index is -0.943. The van der Waals surface area contributed by atoms with Crippen molar-refractivity contribution in [2.75, 3.05) is 0 Å². The minimum absolute atomic E-state index is 0.575. The molecule has 0 N–H and O–H groups in total. The molecule has 0 saturated heterocycles. The van der Waals surface area contributed by atoms with Crippen molar-refractivity contribution < 1.29 is 0 Å². The summed E-state index contributed by atoms with van der Waals surface area (Å²) in [7, 11) is 0. The Morgan fingerprint density at radius 2 is 0.750 bits per heavy atom. The zero-order chi connectivity index (χ0) is 13.2. The zero-order valence-corrected chi connectivity index (χ0v) is 14.9. The molecule has 0 aromatic heterocycles. The first-order valence-electron chi connectivity index (χ1n) is 6.85. The summed E-state index contributed by atoms with van der Waals surface area (Å²) in [5.41, 5.74) is 0. The molecule has 0 saturated carbocycles. The SMILES string of the molecule is CCC(C)(C)[As](C(C)(C)CC)C(C)(C)CC. The van der Waals surface area contributed by atoms with Crippen molar-refractivity contribution in [1.29, 1.82) is 0 Å². The maximum atomic E-state index is 2.52. The standard InChI is InChI=1S/C15H33As/c1-10-13(4,5)16(14(6,7)11-2)15(8,9)12-3/h10-12H2,1-9H3. The second-order valence-electron chi connectivity index (χ2n) is 6.83. The third kappa shape index (κ3) is 3.52. The van der Waals surface area contributed by atoms with Gasteiger partial charge in [-0.3, -0.25) is 0 Å². The molecule has 1 heteroatoms. The van der Waals surface area contributed by atoms with Gasteiger partial charge in [-0.05, 0) is 0 Å². The van der Waals surface area contributed by atoms with Gasteiger partial charge in [0, 0.05) is 0 Å². The van der Waals surface area contributed by atoms with Gasteiger partial charge in [0.25, 0.3) is 0 Å². The van der Waals surface area contributed by atoms with Crippen LogP contribution in [0.25, 0.3) is 0 Å². The van der Waals surface area contributed by atoms with E-state index in [9.17, 15) is 0 Å². The van der Waals surface area contributed by atoms with Crippen molar-refractivity contribution >= 4 is 14.7 Å². The van der Waals surface area contributed by atoms with Crippen LogP contribution in [0.15, 0.2) is 0 Å². The van der Waals surface area contributed by atoms with Crippen molar-refractivity contribution in [3.8, 4) is 0 Å². The predicted molar refractivity (Wildman–Crippen MR) is 78.8 cm³/mol. The molecule has 0 unspecified atom stereocenters. The van der Waals surface area contributed by atoms with E-state index in [0.29, 0.717) is 12.6 Å². The van der Waals surface area contributed by atoms with Crippen LogP contribution in [0.1, 0.15) is 81.6 Å². The molecular weight excluding hydrogens is 255 g/mol. The van der Waals surface area contributed by atoms with Crippen LogP contribution in [0.3, 0.4) is 0 Å². The Bertz CT molecular complexity index is 175. The second-order valence-corrected chi connectivity index (χ2v) is 15.9. The molecule has 16 heavy (non-hydrogen) atoms. The molecule has 0 aliphatic rings. The summed E-state index contributed by atoms with van der Waals surface area (Å²) in [5, 5.41) is 0. The van der Waals surface area contributed by atoms with Crippen molar-refractivity contribution in [2.45, 2.75) is 94.2 Å². The Morgan fingerprint density at radius 3 is 0.875 bits per heavy atom. The molecule has 0 spiro atoms. The Hall–Kier alpha value is 0.558. The molecule has 0 atom stereocenters. The van der Waals surface area contributed by atoms with Gasteiger partial charge in [0.05, 0.1) is 0 Å². The fourth-order valence-corrected chi connectivity index (χ4v) is 15.2. The van der Waals surface area contributed by atoms with E-state index in [2.05, 4.69) is 62.3 Å². The van der Waals surface area contributed by atoms with E-state index in [4.69, 9.17) is 0 Å². The third-order valence-corrected chi connectivity index (χ3v) is 14.0. The van der Waals surface area contributed by atoms with Crippen LogP contribution in [-0.2, 0) is 0 Å². The van der Waals surface area contributed by atoms with Gasteiger partial charge in [-0.1, -0.05) is 0 Å². The molecule has 0 radical (unpaired) electrons. The molecule has 0 rings (SSSR count). The Morgan fingerprint density at radius 1 is 0.562 bits per heavy atom. The van der Waals surface area contributed by atoms with E-state index in [1.165, 1.54) is 19.3 Å². The maximum absolute atomic E-state index is 2.52. The van der Waals surface area contributed by atoms with Gasteiger partial charge >= 0.3 is 109 Å². The first-order valence-corrected chi connectivity index (χ1v) is 9.67. The fourth-order valence-electron chi connectivity index (χ4n) is 2.93. The molecule has 0 bridgehead atoms. The van der Waals surface area contributed by atoms with Gasteiger partial charge in [0.1, 0.15) is 0 Å². The van der Waals surface area contributed by atoms with Crippen LogP contribution >= 0.6 is 0 Å². The molecule has 0 aromatic carbocycles. The number of rotatable bonds is 6. The van der Waals surface area contributed by atoms with Gasteiger partial charge < -0.3 is 0 Å². The number of hydrogen-bond acceptors (Lipinski definition) is 0. The van der Waals surface area contributed by atoms with E-state index in [1.54, 1.807) is 0 Å². The van der Waals surface area contributed by atoms with E-state index < -0.39 is 14.7 Å². The molecule has 0 nitrogen and oxygen atoms in total. The summed E-state index contributed by atoms with van der Waals surface area (Å²) < 4.78 is 1.73. The van der Waals surface area contributed by atoms with Gasteiger partial charge in [-0.2, -0.15) is 0 Å². The summed E-state index contributed by atoms with van der Waals surface area (Å²) in [6, 6.07) is 0. The van der Waals surface area contributed by atoms with E-state index in [1.807, 2.05) is 0 Å². The van der Waals surface area contributed by atoms with E-state index in [-0.39, 0.29) is 0 Å². The normalized spacial score (nSPS) is 14.6. The molecule has 0 heterocycles. The quantitative estimate of drug-likeness (QED) is 0.522. The zero-order valence-electron chi connectivity index (χ0n) is 13.1. The van der Waals surface area contributed by atoms with Crippen LogP contribution in [-0.4, -0.2) is 14.7 Å². The monoisotopic (exact) mass is 288 g/mol. The van der Waals surface area contributed by atoms with Gasteiger partial charge in [0.15, 0.2) is 0 Å². The van der Waals surface area contributed by atoms with Crippen LogP contribution in [0.5, 0.6) is 0 Å². The van der Waals surface area contributed by atoms with Crippen molar-refractivity contribution in [2.24, 2.45) is 0 Å². The molecule has 98 valence electrons. The fraction of sp³-hybridized carbons (Fsp3) is 1.00. The Balaban J connectivity index is 5.40. The topological polar surface area (TPSA) is 0 Å². The van der Waals surface area contributed by atoms with Gasteiger partial charge in [-0.25, -0.2) is 0 Å². The summed E-state index contributed by atoms with van der Waals surface area (Å²) in [4.78, 5) is 0. The first-order chi connectivity index (χ1) is 7.05. The van der Waals surface area contributed by atoms with Crippen molar-refractivity contribution in [1.82, 2.24) is 0 Å². The number of hydrogen-bond donors (Lipinski definition) is 0. The van der Waals surface area contributed by atoms with E-state index >= 15 is 0 Å². The first kappa shape index (κ1) is 16.6. The van der Waals surface area contributed by atoms with Crippen LogP contribution in [0.2, 0.25) is 12.6 Å². The average molecular weight is 288 g/mol. The summed E-state index contributed by atoms with van der Waals surface area (Å²) in [6.07, 6.45) is 4.00. The molecule has 0 fully saturated rings. The summed E-state index contributed by atoms with van der Waals surface area (Å²) >= 11 is -0.943. The molecular formula is C15H33As. The van der Waals surface area contributed by atoms with Crippen molar-refractivity contribution in [3.05, 3.63) is 0 Å². The Labute approximate surface area is 109 Å². The predicted octanol–water partition coefficient (Wildman–Crippen LogP) is 6.05. The van der Waals surface area contributed by atoms with Crippen LogP contribution in [0.4, 0.5) is 0 Å². The van der Waals surface area contributed by atoms with E-state index in [0.717, 1.165) is 0 Å². The molecule has 0 amide bonds. The molecule has 0 aromatic rings. The van der Waals surface area contributed by atoms with Crippen LogP contribution in [0, 0.1) is 0 Å². The van der Waals surface area contributed by atoms with Gasteiger partial charge in [0.2, 0.25) is 0 Å². The molecule has 0 aliphatic heterocycles. The average Bonchev–Trinajstić information content (AvgIpc) is 2.16. The summed E-state index contributed by atoms with van der Waals surface area (Å²) in [5.74, 6) is 0.